The summed E-state index contributed by atoms with van der Waals surface area (Å²) in [6.07, 6.45) is 1.96. The quantitative estimate of drug-likeness (QED) is 0.391. The average molecular weight is 572 g/mol. The third-order valence-corrected chi connectivity index (χ3v) is 10.9. The zero-order chi connectivity index (χ0) is 29.0. The predicted molar refractivity (Wildman–Crippen MR) is 140 cm³/mol. The minimum absolute atomic E-state index is 0.0207. The maximum absolute atomic E-state index is 14.0. The van der Waals surface area contributed by atoms with Crippen molar-refractivity contribution in [3.05, 3.63) is 54.4 Å². The summed E-state index contributed by atoms with van der Waals surface area (Å²) >= 11 is 0. The Balaban J connectivity index is 1.53. The molecule has 7 atom stereocenters. The van der Waals surface area contributed by atoms with E-state index in [1.807, 2.05) is 13.8 Å². The van der Waals surface area contributed by atoms with Gasteiger partial charge in [-0.25, -0.2) is 12.4 Å². The van der Waals surface area contributed by atoms with E-state index in [2.05, 4.69) is 0 Å². The van der Waals surface area contributed by atoms with Crippen molar-refractivity contribution in [3.63, 3.8) is 0 Å². The zero-order valence-corrected chi connectivity index (χ0v) is 23.7. The number of carbonyl (C=O) groups is 4. The van der Waals surface area contributed by atoms with E-state index in [0.717, 1.165) is 3.97 Å². The molecule has 2 aliphatic carbocycles. The molecule has 1 aromatic heterocycles. The number of cyclic esters (lactones) is 1. The average Bonchev–Trinajstić information content (AvgIpc) is 3.41. The lowest BCUT2D eigenvalue weighted by molar-refractivity contribution is -0.210. The molecule has 214 valence electrons. The van der Waals surface area contributed by atoms with E-state index in [4.69, 9.17) is 14.2 Å². The summed E-state index contributed by atoms with van der Waals surface area (Å²) in [5.74, 6) is -4.04. The van der Waals surface area contributed by atoms with Crippen LogP contribution in [0.2, 0.25) is 0 Å². The van der Waals surface area contributed by atoms with Crippen LogP contribution in [0.3, 0.4) is 0 Å². The van der Waals surface area contributed by atoms with Crippen molar-refractivity contribution in [3.8, 4) is 0 Å². The van der Waals surface area contributed by atoms with Crippen molar-refractivity contribution in [2.24, 2.45) is 28.6 Å². The highest BCUT2D eigenvalue weighted by Gasteiger charge is 2.67. The summed E-state index contributed by atoms with van der Waals surface area (Å²) in [5, 5.41) is 0. The van der Waals surface area contributed by atoms with Crippen molar-refractivity contribution in [2.45, 2.75) is 63.6 Å². The lowest BCUT2D eigenvalue weighted by Gasteiger charge is -2.61. The van der Waals surface area contributed by atoms with Crippen LogP contribution in [0.4, 0.5) is 0 Å². The van der Waals surface area contributed by atoms with Gasteiger partial charge in [0.05, 0.1) is 23.8 Å². The second-order valence-corrected chi connectivity index (χ2v) is 13.4. The fraction of sp³-hybridized carbons (Fsp3) is 0.517. The van der Waals surface area contributed by atoms with Gasteiger partial charge in [-0.05, 0) is 48.3 Å². The SMILES string of the molecule is COC(=O)[C@@H]1C[C@H](OC(C)=O)C(=O)[C@H]2[C@@]1(C)CC[C@H]1C(=O)O[C@H](c3ccn(S(=O)(=O)c4ccccc4)c3)C[C@]21C. The number of hydrogen-bond acceptors (Lipinski definition) is 9. The summed E-state index contributed by atoms with van der Waals surface area (Å²) in [4.78, 5) is 52.4. The van der Waals surface area contributed by atoms with Crippen molar-refractivity contribution in [1.82, 2.24) is 3.97 Å². The van der Waals surface area contributed by atoms with Gasteiger partial charge in [0.25, 0.3) is 10.0 Å². The van der Waals surface area contributed by atoms with Crippen LogP contribution in [0.25, 0.3) is 0 Å². The van der Waals surface area contributed by atoms with Crippen LogP contribution in [0.5, 0.6) is 0 Å². The van der Waals surface area contributed by atoms with E-state index in [-0.39, 0.29) is 23.5 Å². The van der Waals surface area contributed by atoms with E-state index in [9.17, 15) is 27.6 Å². The van der Waals surface area contributed by atoms with E-state index >= 15 is 0 Å². The second kappa shape index (κ2) is 9.87. The molecule has 5 rings (SSSR count). The normalized spacial score (nSPS) is 33.8. The third-order valence-electron chi connectivity index (χ3n) is 9.28. The lowest BCUT2D eigenvalue weighted by atomic mass is 9.43. The first-order chi connectivity index (χ1) is 18.8. The van der Waals surface area contributed by atoms with E-state index < -0.39 is 68.7 Å². The lowest BCUT2D eigenvalue weighted by Crippen LogP contribution is -2.64. The molecule has 2 saturated carbocycles. The van der Waals surface area contributed by atoms with E-state index in [0.29, 0.717) is 18.4 Å². The van der Waals surface area contributed by atoms with Crippen LogP contribution < -0.4 is 0 Å². The van der Waals surface area contributed by atoms with Gasteiger partial charge >= 0.3 is 17.9 Å². The number of benzene rings is 1. The number of ketones is 1. The first-order valence-electron chi connectivity index (χ1n) is 13.3. The van der Waals surface area contributed by atoms with Crippen molar-refractivity contribution < 1.29 is 41.8 Å². The number of esters is 3. The highest BCUT2D eigenvalue weighted by atomic mass is 32.2. The Hall–Kier alpha value is -3.47. The number of methoxy groups -OCH3 is 1. The highest BCUT2D eigenvalue weighted by Crippen LogP contribution is 2.65. The van der Waals surface area contributed by atoms with E-state index in [1.54, 1.807) is 24.3 Å². The van der Waals surface area contributed by atoms with Gasteiger partial charge in [-0.15, -0.1) is 0 Å². The number of nitrogens with zero attached hydrogens (tertiary/aromatic N) is 1. The Labute approximate surface area is 233 Å². The summed E-state index contributed by atoms with van der Waals surface area (Å²) in [7, 11) is -2.58. The number of ether oxygens (including phenoxy) is 3. The van der Waals surface area contributed by atoms with Gasteiger partial charge in [-0.2, -0.15) is 0 Å². The molecular formula is C29H33NO9S. The van der Waals surface area contributed by atoms with E-state index in [1.165, 1.54) is 38.6 Å². The van der Waals surface area contributed by atoms with Gasteiger partial charge in [0.15, 0.2) is 11.9 Å². The molecule has 0 spiro atoms. The highest BCUT2D eigenvalue weighted by molar-refractivity contribution is 7.90. The molecule has 40 heavy (non-hydrogen) atoms. The zero-order valence-electron chi connectivity index (χ0n) is 22.9. The van der Waals surface area contributed by atoms with Crippen molar-refractivity contribution >= 4 is 33.7 Å². The standard InChI is InChI=1S/C29H33NO9S/c1-17(31)38-22-14-21(26(33)37-4)28(2)12-10-20-27(34)39-23(15-29(20,3)25(28)24(22)32)18-11-13-30(16-18)40(35,36)19-8-6-5-7-9-19/h5-9,11,13,16,20-23,25H,10,12,14-15H2,1-4H3/t20-,21-,22-,23-,25-,28-,29-/m0/s1. The van der Waals surface area contributed by atoms with Gasteiger partial charge < -0.3 is 14.2 Å². The van der Waals surface area contributed by atoms with Crippen molar-refractivity contribution in [1.29, 1.82) is 0 Å². The Morgan fingerprint density at radius 2 is 1.77 bits per heavy atom. The Morgan fingerprint density at radius 3 is 2.42 bits per heavy atom. The molecule has 1 aromatic carbocycles. The Kier molecular flexibility index (Phi) is 6.92. The number of fused-ring (bicyclic) bond motifs is 3. The molecule has 3 aliphatic rings. The van der Waals surface area contributed by atoms with Gasteiger partial charge in [0.1, 0.15) is 6.10 Å². The predicted octanol–water partition coefficient (Wildman–Crippen LogP) is 3.45. The van der Waals surface area contributed by atoms with Crippen LogP contribution in [0, 0.1) is 28.6 Å². The minimum Gasteiger partial charge on any atom is -0.469 e. The number of hydrogen-bond donors (Lipinski definition) is 0. The van der Waals surface area contributed by atoms with Gasteiger partial charge in [-0.3, -0.25) is 19.2 Å². The smallest absolute Gasteiger partial charge is 0.310 e. The monoisotopic (exact) mass is 571 g/mol. The molecule has 0 N–H and O–H groups in total. The molecule has 3 fully saturated rings. The number of Topliss-reactive ketones (excluding diaryl/α,β-unsaturated/α-hetero) is 1. The number of aromatic nitrogens is 1. The molecule has 0 radical (unpaired) electrons. The largest absolute Gasteiger partial charge is 0.469 e. The van der Waals surface area contributed by atoms with Gasteiger partial charge in [0, 0.05) is 37.2 Å². The fourth-order valence-corrected chi connectivity index (χ4v) is 8.68. The summed E-state index contributed by atoms with van der Waals surface area (Å²) in [6, 6.07) is 9.57. The Bertz CT molecular complexity index is 1470. The molecule has 10 nitrogen and oxygen atoms in total. The van der Waals surface area contributed by atoms with Crippen LogP contribution in [-0.4, -0.2) is 49.3 Å². The van der Waals surface area contributed by atoms with Gasteiger partial charge in [0.2, 0.25) is 0 Å². The molecule has 2 aromatic rings. The third kappa shape index (κ3) is 4.34. The summed E-state index contributed by atoms with van der Waals surface area (Å²) in [6.45, 7) is 4.94. The van der Waals surface area contributed by atoms with Crippen molar-refractivity contribution in [2.75, 3.05) is 7.11 Å². The molecule has 0 unspecified atom stereocenters. The van der Waals surface area contributed by atoms with Crippen LogP contribution in [0.1, 0.15) is 58.1 Å². The number of rotatable bonds is 5. The van der Waals surface area contributed by atoms with Crippen LogP contribution in [-0.2, 0) is 43.4 Å². The molecule has 0 bridgehead atoms. The maximum atomic E-state index is 14.0. The van der Waals surface area contributed by atoms with Crippen LogP contribution in [0.15, 0.2) is 53.7 Å². The first kappa shape index (κ1) is 28.1. The Morgan fingerprint density at radius 1 is 1.07 bits per heavy atom. The van der Waals surface area contributed by atoms with Crippen LogP contribution >= 0.6 is 0 Å². The number of carbonyl (C=O) groups excluding carboxylic acids is 4. The molecule has 11 heteroatoms. The fourth-order valence-electron chi connectivity index (χ4n) is 7.45. The summed E-state index contributed by atoms with van der Waals surface area (Å²) < 4.78 is 43.7. The maximum Gasteiger partial charge on any atom is 0.310 e. The molecule has 0 amide bonds. The second-order valence-electron chi connectivity index (χ2n) is 11.6. The molecular weight excluding hydrogens is 538 g/mol. The molecule has 1 saturated heterocycles. The first-order valence-corrected chi connectivity index (χ1v) is 14.7. The molecule has 2 heterocycles. The topological polar surface area (TPSA) is 135 Å². The summed E-state index contributed by atoms with van der Waals surface area (Å²) in [5.41, 5.74) is -1.31. The minimum atomic E-state index is -3.86. The molecule has 1 aliphatic heterocycles. The van der Waals surface area contributed by atoms with Gasteiger partial charge in [-0.1, -0.05) is 32.0 Å².